The Morgan fingerprint density at radius 2 is 1.41 bits per heavy atom. The van der Waals surface area contributed by atoms with E-state index in [1.807, 2.05) is 72.8 Å². The van der Waals surface area contributed by atoms with Crippen LogP contribution in [0.15, 0.2) is 78.9 Å². The lowest BCUT2D eigenvalue weighted by atomic mass is 9.93. The van der Waals surface area contributed by atoms with Crippen LogP contribution in [0.5, 0.6) is 0 Å². The number of carbonyl (C=O) groups is 1. The molecule has 0 spiro atoms. The summed E-state index contributed by atoms with van der Waals surface area (Å²) in [7, 11) is 0. The monoisotopic (exact) mass is 386 g/mol. The molecule has 3 aromatic carbocycles. The normalized spacial score (nSPS) is 21.3. The molecule has 0 aromatic heterocycles. The minimum absolute atomic E-state index is 0.203. The Hall–Kier alpha value is -3.15. The highest BCUT2D eigenvalue weighted by Crippen LogP contribution is 2.45. The van der Waals surface area contributed by atoms with Gasteiger partial charge in [0.25, 0.3) is 5.91 Å². The summed E-state index contributed by atoms with van der Waals surface area (Å²) in [5.74, 6) is -0.203. The van der Waals surface area contributed by atoms with E-state index in [1.54, 1.807) is 6.07 Å². The SMILES string of the molecule is O=C1c2ccccc2[C@](O)(c2ccccc2)N1c1ccc(N2CCOCC2)cc1. The molecule has 5 heteroatoms. The molecule has 2 aliphatic heterocycles. The van der Waals surface area contributed by atoms with Crippen molar-refractivity contribution in [3.63, 3.8) is 0 Å². The van der Waals surface area contributed by atoms with Crippen molar-refractivity contribution < 1.29 is 14.6 Å². The van der Waals surface area contributed by atoms with Crippen molar-refractivity contribution >= 4 is 17.3 Å². The second-order valence-electron chi connectivity index (χ2n) is 7.34. The minimum Gasteiger partial charge on any atom is -0.378 e. The molecule has 0 saturated carbocycles. The zero-order valence-electron chi connectivity index (χ0n) is 16.0. The quantitative estimate of drug-likeness (QED) is 0.750. The highest BCUT2D eigenvalue weighted by molar-refractivity contribution is 6.12. The number of morpholine rings is 1. The third kappa shape index (κ3) is 2.82. The van der Waals surface area contributed by atoms with Gasteiger partial charge in [-0.2, -0.15) is 0 Å². The lowest BCUT2D eigenvalue weighted by Crippen LogP contribution is -2.45. The van der Waals surface area contributed by atoms with Crippen LogP contribution in [0.2, 0.25) is 0 Å². The number of hydrogen-bond acceptors (Lipinski definition) is 4. The molecule has 2 heterocycles. The maximum atomic E-state index is 13.3. The van der Waals surface area contributed by atoms with E-state index in [4.69, 9.17) is 4.74 Å². The van der Waals surface area contributed by atoms with E-state index >= 15 is 0 Å². The fourth-order valence-electron chi connectivity index (χ4n) is 4.25. The minimum atomic E-state index is -1.55. The van der Waals surface area contributed by atoms with E-state index in [-0.39, 0.29) is 5.91 Å². The number of anilines is 2. The average Bonchev–Trinajstić information content (AvgIpc) is 3.03. The van der Waals surface area contributed by atoms with Crippen molar-refractivity contribution in [3.05, 3.63) is 95.6 Å². The van der Waals surface area contributed by atoms with Gasteiger partial charge in [-0.25, -0.2) is 0 Å². The Kier molecular flexibility index (Phi) is 4.34. The second kappa shape index (κ2) is 7.03. The van der Waals surface area contributed by atoms with E-state index in [9.17, 15) is 9.90 Å². The van der Waals surface area contributed by atoms with Crippen LogP contribution in [-0.4, -0.2) is 37.3 Å². The Balaban J connectivity index is 1.59. The summed E-state index contributed by atoms with van der Waals surface area (Å²) in [5, 5.41) is 11.9. The summed E-state index contributed by atoms with van der Waals surface area (Å²) in [5.41, 5.74) is 1.99. The number of amides is 1. The molecule has 1 N–H and O–H groups in total. The molecule has 146 valence electrons. The Labute approximate surface area is 169 Å². The standard InChI is InChI=1S/C24H22N2O3/c27-23-21-8-4-5-9-22(21)24(28,18-6-2-1-3-7-18)26(23)20-12-10-19(11-13-20)25-14-16-29-17-15-25/h1-13,28H,14-17H2/t24-/m1/s1. The summed E-state index contributed by atoms with van der Waals surface area (Å²) < 4.78 is 5.42. The first-order chi connectivity index (χ1) is 14.2. The van der Waals surface area contributed by atoms with E-state index in [0.29, 0.717) is 22.4 Å². The van der Waals surface area contributed by atoms with E-state index in [1.165, 1.54) is 4.90 Å². The number of benzene rings is 3. The van der Waals surface area contributed by atoms with Crippen LogP contribution in [0, 0.1) is 0 Å². The van der Waals surface area contributed by atoms with Gasteiger partial charge in [-0.1, -0.05) is 48.5 Å². The number of carbonyl (C=O) groups excluding carboxylic acids is 1. The summed E-state index contributed by atoms with van der Waals surface area (Å²) in [6, 6.07) is 24.4. The van der Waals surface area contributed by atoms with Gasteiger partial charge in [-0.05, 0) is 30.3 Å². The fraction of sp³-hybridized carbons (Fsp3) is 0.208. The van der Waals surface area contributed by atoms with Crippen LogP contribution in [-0.2, 0) is 10.5 Å². The maximum absolute atomic E-state index is 13.3. The Morgan fingerprint density at radius 3 is 2.14 bits per heavy atom. The van der Waals surface area contributed by atoms with Gasteiger partial charge in [-0.15, -0.1) is 0 Å². The molecule has 3 aromatic rings. The highest BCUT2D eigenvalue weighted by atomic mass is 16.5. The van der Waals surface area contributed by atoms with Crippen LogP contribution in [0.4, 0.5) is 11.4 Å². The first kappa shape index (κ1) is 17.9. The number of ether oxygens (including phenoxy) is 1. The maximum Gasteiger partial charge on any atom is 0.261 e. The average molecular weight is 386 g/mol. The molecule has 0 aliphatic carbocycles. The van der Waals surface area contributed by atoms with Crippen molar-refractivity contribution in [1.82, 2.24) is 0 Å². The van der Waals surface area contributed by atoms with E-state index in [2.05, 4.69) is 4.90 Å². The molecule has 5 nitrogen and oxygen atoms in total. The molecule has 1 amide bonds. The highest BCUT2D eigenvalue weighted by Gasteiger charge is 2.50. The van der Waals surface area contributed by atoms with Crippen molar-refractivity contribution in [1.29, 1.82) is 0 Å². The molecule has 0 unspecified atom stereocenters. The molecular weight excluding hydrogens is 364 g/mol. The first-order valence-corrected chi connectivity index (χ1v) is 9.84. The van der Waals surface area contributed by atoms with Gasteiger partial charge in [0.05, 0.1) is 13.2 Å². The Bertz CT molecular complexity index is 1030. The molecule has 1 atom stereocenters. The van der Waals surface area contributed by atoms with Gasteiger partial charge in [0.2, 0.25) is 0 Å². The molecule has 0 radical (unpaired) electrons. The third-order valence-corrected chi connectivity index (χ3v) is 5.72. The van der Waals surface area contributed by atoms with Gasteiger partial charge in [-0.3, -0.25) is 9.69 Å². The smallest absolute Gasteiger partial charge is 0.261 e. The second-order valence-corrected chi connectivity index (χ2v) is 7.34. The van der Waals surface area contributed by atoms with Crippen molar-refractivity contribution in [2.45, 2.75) is 5.72 Å². The van der Waals surface area contributed by atoms with Crippen LogP contribution >= 0.6 is 0 Å². The molecule has 0 bridgehead atoms. The molecule has 5 rings (SSSR count). The van der Waals surface area contributed by atoms with Crippen molar-refractivity contribution in [2.75, 3.05) is 36.1 Å². The summed E-state index contributed by atoms with van der Waals surface area (Å²) in [6.45, 7) is 3.13. The van der Waals surface area contributed by atoms with Crippen LogP contribution in [0.1, 0.15) is 21.5 Å². The molecular formula is C24H22N2O3. The summed E-state index contributed by atoms with van der Waals surface area (Å²) in [6.07, 6.45) is 0. The summed E-state index contributed by atoms with van der Waals surface area (Å²) in [4.78, 5) is 17.1. The van der Waals surface area contributed by atoms with Gasteiger partial charge in [0, 0.05) is 41.2 Å². The number of aliphatic hydroxyl groups is 1. The zero-order valence-corrected chi connectivity index (χ0v) is 16.0. The van der Waals surface area contributed by atoms with Gasteiger partial charge < -0.3 is 14.7 Å². The zero-order chi connectivity index (χ0) is 19.8. The lowest BCUT2D eigenvalue weighted by Gasteiger charge is -2.35. The van der Waals surface area contributed by atoms with Gasteiger partial charge in [0.15, 0.2) is 5.72 Å². The van der Waals surface area contributed by atoms with Crippen LogP contribution in [0.25, 0.3) is 0 Å². The van der Waals surface area contributed by atoms with E-state index < -0.39 is 5.72 Å². The molecule has 1 fully saturated rings. The number of fused-ring (bicyclic) bond motifs is 1. The van der Waals surface area contributed by atoms with Gasteiger partial charge in [0.1, 0.15) is 0 Å². The molecule has 29 heavy (non-hydrogen) atoms. The van der Waals surface area contributed by atoms with E-state index in [0.717, 1.165) is 32.0 Å². The topological polar surface area (TPSA) is 53.0 Å². The molecule has 1 saturated heterocycles. The number of hydrogen-bond donors (Lipinski definition) is 1. The largest absolute Gasteiger partial charge is 0.378 e. The predicted octanol–water partition coefficient (Wildman–Crippen LogP) is 3.38. The van der Waals surface area contributed by atoms with Crippen molar-refractivity contribution in [3.8, 4) is 0 Å². The van der Waals surface area contributed by atoms with Crippen LogP contribution in [0.3, 0.4) is 0 Å². The van der Waals surface area contributed by atoms with Gasteiger partial charge >= 0.3 is 0 Å². The predicted molar refractivity (Wildman–Crippen MR) is 112 cm³/mol. The number of rotatable bonds is 3. The molecule has 2 aliphatic rings. The third-order valence-electron chi connectivity index (χ3n) is 5.72. The van der Waals surface area contributed by atoms with Crippen LogP contribution < -0.4 is 9.80 Å². The Morgan fingerprint density at radius 1 is 0.793 bits per heavy atom. The first-order valence-electron chi connectivity index (χ1n) is 9.84. The lowest BCUT2D eigenvalue weighted by molar-refractivity contribution is 0.0703. The fourth-order valence-corrected chi connectivity index (χ4v) is 4.25. The van der Waals surface area contributed by atoms with Crippen molar-refractivity contribution in [2.24, 2.45) is 0 Å². The number of nitrogens with zero attached hydrogens (tertiary/aromatic N) is 2. The summed E-state index contributed by atoms with van der Waals surface area (Å²) >= 11 is 0.